The number of hydrogen-bond acceptors (Lipinski definition) is 2. The molecule has 3 aliphatic heterocycles. The first-order valence-electron chi connectivity index (χ1n) is 17.2. The minimum absolute atomic E-state index is 0.124. The van der Waals surface area contributed by atoms with Gasteiger partial charge in [0.15, 0.2) is 0 Å². The number of rotatable bonds is 1. The Labute approximate surface area is 266 Å². The van der Waals surface area contributed by atoms with Gasteiger partial charge in [-0.25, -0.2) is 0 Å². The van der Waals surface area contributed by atoms with Crippen molar-refractivity contribution in [2.45, 2.75) is 51.4 Å². The van der Waals surface area contributed by atoms with Gasteiger partial charge in [0, 0.05) is 33.9 Å². The van der Waals surface area contributed by atoms with Gasteiger partial charge in [-0.05, 0) is 139 Å². The summed E-state index contributed by atoms with van der Waals surface area (Å²) in [5, 5.41) is 0. The molecule has 5 aromatic carbocycles. The maximum absolute atomic E-state index is 2.70. The summed E-state index contributed by atoms with van der Waals surface area (Å²) in [6, 6.07) is 40.3. The molecule has 4 aliphatic carbocycles. The van der Waals surface area contributed by atoms with Crippen molar-refractivity contribution in [2.24, 2.45) is 23.7 Å². The minimum Gasteiger partial charge on any atom is -0.311 e. The van der Waals surface area contributed by atoms with E-state index in [-0.39, 0.29) is 12.1 Å². The molecule has 0 amide bonds. The molecular weight excluding hydrogens is 543 g/mol. The number of para-hydroxylation sites is 2. The second-order valence-corrected chi connectivity index (χ2v) is 15.1. The maximum atomic E-state index is 2.70. The quantitative estimate of drug-likeness (QED) is 0.180. The van der Waals surface area contributed by atoms with Gasteiger partial charge in [-0.3, -0.25) is 0 Å². The van der Waals surface area contributed by atoms with Crippen LogP contribution in [0.15, 0.2) is 103 Å². The molecule has 4 saturated carbocycles. The number of nitrogens with zero attached hydrogens (tertiary/aromatic N) is 2. The van der Waals surface area contributed by atoms with E-state index in [9.17, 15) is 0 Å². The first kappa shape index (κ1) is 25.0. The molecular formula is C42H37BN2. The van der Waals surface area contributed by atoms with Crippen molar-refractivity contribution in [3.05, 3.63) is 125 Å². The van der Waals surface area contributed by atoms with Crippen LogP contribution in [0.1, 0.15) is 54.4 Å². The average Bonchev–Trinajstić information content (AvgIpc) is 3.05. The molecule has 3 heteroatoms. The van der Waals surface area contributed by atoms with Crippen molar-refractivity contribution in [1.29, 1.82) is 0 Å². The Morgan fingerprint density at radius 1 is 0.556 bits per heavy atom. The molecule has 0 saturated heterocycles. The molecule has 218 valence electrons. The van der Waals surface area contributed by atoms with Crippen LogP contribution in [0.2, 0.25) is 0 Å². The monoisotopic (exact) mass is 580 g/mol. The van der Waals surface area contributed by atoms with E-state index < -0.39 is 0 Å². The Morgan fingerprint density at radius 2 is 1.22 bits per heavy atom. The minimum atomic E-state index is 0.124. The fourth-order valence-corrected chi connectivity index (χ4v) is 11.7. The predicted molar refractivity (Wildman–Crippen MR) is 188 cm³/mol. The third-order valence-electron chi connectivity index (χ3n) is 12.9. The molecule has 5 aromatic rings. The smallest absolute Gasteiger partial charge is 0.252 e. The molecule has 7 aliphatic rings. The first-order chi connectivity index (χ1) is 22.1. The van der Waals surface area contributed by atoms with Gasteiger partial charge in [-0.1, -0.05) is 72.3 Å². The molecule has 1 spiro atoms. The second-order valence-electron chi connectivity index (χ2n) is 15.1. The van der Waals surface area contributed by atoms with Gasteiger partial charge in [-0.15, -0.1) is 0 Å². The largest absolute Gasteiger partial charge is 0.311 e. The van der Waals surface area contributed by atoms with E-state index >= 15 is 0 Å². The van der Waals surface area contributed by atoms with Crippen LogP contribution in [0, 0.1) is 37.5 Å². The molecule has 0 radical (unpaired) electrons. The third kappa shape index (κ3) is 2.99. The summed E-state index contributed by atoms with van der Waals surface area (Å²) in [4.78, 5) is 5.22. The molecule has 0 aromatic heterocycles. The summed E-state index contributed by atoms with van der Waals surface area (Å²) in [5.41, 5.74) is 18.5. The Bertz CT molecular complexity index is 2070. The topological polar surface area (TPSA) is 6.48 Å². The zero-order valence-electron chi connectivity index (χ0n) is 26.1. The lowest BCUT2D eigenvalue weighted by Gasteiger charge is -2.64. The number of anilines is 6. The van der Waals surface area contributed by atoms with E-state index in [2.05, 4.69) is 127 Å². The van der Waals surface area contributed by atoms with Crippen molar-refractivity contribution in [1.82, 2.24) is 0 Å². The van der Waals surface area contributed by atoms with Gasteiger partial charge in [-0.2, -0.15) is 0 Å². The Hall–Kier alpha value is -4.24. The molecule has 12 rings (SSSR count). The second kappa shape index (κ2) is 8.52. The Morgan fingerprint density at radius 3 is 2.02 bits per heavy atom. The van der Waals surface area contributed by atoms with Crippen LogP contribution in [0.4, 0.5) is 34.1 Å². The SMILES string of the molecule is Cc1cccc(N2c3ccc(C)cc3B3c4cccc5c4N(c4ccccc4C54C5CC6CC(C5)CC4C6)c4cccc2c43)c1. The maximum Gasteiger partial charge on any atom is 0.252 e. The summed E-state index contributed by atoms with van der Waals surface area (Å²) >= 11 is 0. The zero-order chi connectivity index (χ0) is 29.6. The van der Waals surface area contributed by atoms with Crippen molar-refractivity contribution in [3.8, 4) is 0 Å². The number of hydrogen-bond donors (Lipinski definition) is 0. The van der Waals surface area contributed by atoms with Crippen LogP contribution in [-0.4, -0.2) is 6.71 Å². The van der Waals surface area contributed by atoms with Gasteiger partial charge in [0.05, 0.1) is 5.69 Å². The fraction of sp³-hybridized carbons (Fsp3) is 0.286. The highest BCUT2D eigenvalue weighted by atomic mass is 15.2. The van der Waals surface area contributed by atoms with E-state index in [1.165, 1.54) is 93.7 Å². The van der Waals surface area contributed by atoms with Crippen LogP contribution in [-0.2, 0) is 5.41 Å². The zero-order valence-corrected chi connectivity index (χ0v) is 26.1. The highest BCUT2D eigenvalue weighted by Gasteiger charge is 2.62. The molecule has 2 nitrogen and oxygen atoms in total. The summed E-state index contributed by atoms with van der Waals surface area (Å²) in [7, 11) is 0. The summed E-state index contributed by atoms with van der Waals surface area (Å²) in [5.74, 6) is 3.36. The number of aryl methyl sites for hydroxylation is 2. The highest BCUT2D eigenvalue weighted by molar-refractivity contribution is 7.00. The van der Waals surface area contributed by atoms with Crippen molar-refractivity contribution in [2.75, 3.05) is 9.80 Å². The van der Waals surface area contributed by atoms with E-state index in [0.29, 0.717) is 0 Å². The lowest BCUT2D eigenvalue weighted by atomic mass is 9.32. The molecule has 4 fully saturated rings. The van der Waals surface area contributed by atoms with E-state index in [0.717, 1.165) is 23.7 Å². The summed E-state index contributed by atoms with van der Waals surface area (Å²) < 4.78 is 0. The molecule has 0 N–H and O–H groups in total. The summed E-state index contributed by atoms with van der Waals surface area (Å²) in [6.07, 6.45) is 7.10. The van der Waals surface area contributed by atoms with E-state index in [1.54, 1.807) is 11.1 Å². The molecule has 3 heterocycles. The Balaban J connectivity index is 1.24. The van der Waals surface area contributed by atoms with Gasteiger partial charge >= 0.3 is 0 Å². The Kier molecular flexibility index (Phi) is 4.73. The third-order valence-corrected chi connectivity index (χ3v) is 12.9. The molecule has 0 unspecified atom stereocenters. The van der Waals surface area contributed by atoms with Gasteiger partial charge < -0.3 is 9.80 Å². The number of benzene rings is 5. The van der Waals surface area contributed by atoms with Crippen molar-refractivity contribution < 1.29 is 0 Å². The normalized spacial score (nSPS) is 27.3. The highest BCUT2D eigenvalue weighted by Crippen LogP contribution is 2.69. The van der Waals surface area contributed by atoms with E-state index in [4.69, 9.17) is 0 Å². The molecule has 45 heavy (non-hydrogen) atoms. The molecule has 4 bridgehead atoms. The lowest BCUT2D eigenvalue weighted by molar-refractivity contribution is -0.0419. The van der Waals surface area contributed by atoms with Crippen molar-refractivity contribution in [3.63, 3.8) is 0 Å². The summed E-state index contributed by atoms with van der Waals surface area (Å²) in [6.45, 7) is 4.67. The van der Waals surface area contributed by atoms with Crippen molar-refractivity contribution >= 4 is 57.2 Å². The first-order valence-corrected chi connectivity index (χ1v) is 17.2. The lowest BCUT2D eigenvalue weighted by Crippen LogP contribution is -2.64. The fourth-order valence-electron chi connectivity index (χ4n) is 11.7. The average molecular weight is 581 g/mol. The predicted octanol–water partition coefficient (Wildman–Crippen LogP) is 8.44. The van der Waals surface area contributed by atoms with Crippen LogP contribution < -0.4 is 26.2 Å². The standard InChI is InChI=1S/C42H37BN2/c1-25-8-5-9-31(18-25)44-37-17-16-26(2)19-35(37)43-34-12-6-11-33-41(34)45(39-15-7-14-38(44)40(39)43)36-13-4-3-10-32(36)42(33)29-21-27-20-28(23-29)24-30(42)22-27/h3-19,27-30H,20-24H2,1-2H3. The van der Waals surface area contributed by atoms with Gasteiger partial charge in [0.1, 0.15) is 0 Å². The van der Waals surface area contributed by atoms with Crippen LogP contribution in [0.3, 0.4) is 0 Å². The van der Waals surface area contributed by atoms with Gasteiger partial charge in [0.2, 0.25) is 0 Å². The molecule has 0 atom stereocenters. The van der Waals surface area contributed by atoms with Crippen LogP contribution in [0.5, 0.6) is 0 Å². The van der Waals surface area contributed by atoms with Crippen LogP contribution in [0.25, 0.3) is 0 Å². The van der Waals surface area contributed by atoms with E-state index in [1.807, 2.05) is 0 Å². The number of fused-ring (bicyclic) bond motifs is 6. The van der Waals surface area contributed by atoms with Crippen LogP contribution >= 0.6 is 0 Å². The van der Waals surface area contributed by atoms with Gasteiger partial charge in [0.25, 0.3) is 6.71 Å².